The molecule has 1 aromatic heterocycles. The second-order valence-electron chi connectivity index (χ2n) is 3.92. The van der Waals surface area contributed by atoms with Gasteiger partial charge in [-0.05, 0) is 43.5 Å². The van der Waals surface area contributed by atoms with Crippen LogP contribution in [0.25, 0.3) is 11.0 Å². The summed E-state index contributed by atoms with van der Waals surface area (Å²) < 4.78 is 2.06. The number of unbranched alkanes of at least 4 members (excludes halogenated alkanes) is 1. The van der Waals surface area contributed by atoms with E-state index < -0.39 is 0 Å². The summed E-state index contributed by atoms with van der Waals surface area (Å²) >= 11 is 0. The van der Waals surface area contributed by atoms with Gasteiger partial charge in [0.15, 0.2) is 0 Å². The zero-order valence-corrected chi connectivity index (χ0v) is 9.11. The molecule has 0 unspecified atom stereocenters. The lowest BCUT2D eigenvalue weighted by atomic mass is 10.1. The van der Waals surface area contributed by atoms with Gasteiger partial charge >= 0.3 is 0 Å². The van der Waals surface area contributed by atoms with E-state index in [-0.39, 0.29) is 0 Å². The summed E-state index contributed by atoms with van der Waals surface area (Å²) in [5.41, 5.74) is 9.13. The first kappa shape index (κ1) is 10.2. The number of nitrogens with zero attached hydrogens (tertiary/aromatic N) is 2. The SMILES string of the molecule is Cn1cnc2ccc(CCCCN)cc21. The minimum atomic E-state index is 0.786. The molecule has 80 valence electrons. The lowest BCUT2D eigenvalue weighted by Crippen LogP contribution is -1.99. The Balaban J connectivity index is 2.18. The quantitative estimate of drug-likeness (QED) is 0.771. The first-order valence-electron chi connectivity index (χ1n) is 5.41. The number of hydrogen-bond acceptors (Lipinski definition) is 2. The first-order chi connectivity index (χ1) is 7.31. The van der Waals surface area contributed by atoms with Crippen LogP contribution in [-0.4, -0.2) is 16.1 Å². The van der Waals surface area contributed by atoms with Crippen molar-refractivity contribution in [2.45, 2.75) is 19.3 Å². The van der Waals surface area contributed by atoms with Gasteiger partial charge in [0.25, 0.3) is 0 Å². The average molecular weight is 203 g/mol. The number of benzene rings is 1. The normalized spacial score (nSPS) is 11.1. The summed E-state index contributed by atoms with van der Waals surface area (Å²) in [5, 5.41) is 0. The summed E-state index contributed by atoms with van der Waals surface area (Å²) in [5.74, 6) is 0. The molecule has 1 aromatic carbocycles. The Hall–Kier alpha value is -1.35. The Morgan fingerprint density at radius 2 is 2.20 bits per heavy atom. The van der Waals surface area contributed by atoms with Crippen molar-refractivity contribution in [1.29, 1.82) is 0 Å². The fourth-order valence-corrected chi connectivity index (χ4v) is 1.80. The number of aryl methyl sites for hydroxylation is 2. The highest BCUT2D eigenvalue weighted by Crippen LogP contribution is 2.15. The fourth-order valence-electron chi connectivity index (χ4n) is 1.80. The Morgan fingerprint density at radius 3 is 3.00 bits per heavy atom. The third kappa shape index (κ3) is 2.18. The second-order valence-corrected chi connectivity index (χ2v) is 3.92. The Labute approximate surface area is 89.9 Å². The molecule has 0 aliphatic heterocycles. The molecule has 3 heteroatoms. The summed E-state index contributed by atoms with van der Waals surface area (Å²) in [6.45, 7) is 0.786. The van der Waals surface area contributed by atoms with Crippen molar-refractivity contribution in [3.05, 3.63) is 30.1 Å². The van der Waals surface area contributed by atoms with E-state index in [1.54, 1.807) is 0 Å². The lowest BCUT2D eigenvalue weighted by Gasteiger charge is -2.01. The van der Waals surface area contributed by atoms with E-state index in [0.717, 1.165) is 24.9 Å². The maximum atomic E-state index is 5.48. The summed E-state index contributed by atoms with van der Waals surface area (Å²) in [7, 11) is 2.03. The summed E-state index contributed by atoms with van der Waals surface area (Å²) in [6.07, 6.45) is 5.23. The molecule has 2 N–H and O–H groups in total. The third-order valence-electron chi connectivity index (χ3n) is 2.71. The minimum absolute atomic E-state index is 0.786. The maximum Gasteiger partial charge on any atom is 0.0955 e. The molecule has 2 aromatic rings. The maximum absolute atomic E-state index is 5.48. The monoisotopic (exact) mass is 203 g/mol. The molecule has 0 bridgehead atoms. The number of nitrogens with two attached hydrogens (primary N) is 1. The number of imidazole rings is 1. The molecule has 2 rings (SSSR count). The second kappa shape index (κ2) is 4.45. The molecule has 0 amide bonds. The Bertz CT molecular complexity index is 445. The van der Waals surface area contributed by atoms with Crippen LogP contribution in [0.15, 0.2) is 24.5 Å². The number of hydrogen-bond donors (Lipinski definition) is 1. The molecule has 0 fully saturated rings. The van der Waals surface area contributed by atoms with Crippen LogP contribution in [0.5, 0.6) is 0 Å². The Kier molecular flexibility index (Phi) is 3.02. The molecule has 0 saturated heterocycles. The van der Waals surface area contributed by atoms with Crippen molar-refractivity contribution in [1.82, 2.24) is 9.55 Å². The zero-order chi connectivity index (χ0) is 10.7. The van der Waals surface area contributed by atoms with Crippen molar-refractivity contribution in [3.63, 3.8) is 0 Å². The van der Waals surface area contributed by atoms with Gasteiger partial charge in [0.2, 0.25) is 0 Å². The van der Waals surface area contributed by atoms with Crippen molar-refractivity contribution in [3.8, 4) is 0 Å². The summed E-state index contributed by atoms with van der Waals surface area (Å²) in [6, 6.07) is 6.47. The predicted molar refractivity (Wildman–Crippen MR) is 62.7 cm³/mol. The molecule has 1 heterocycles. The molecule has 0 aliphatic rings. The predicted octanol–water partition coefficient (Wildman–Crippen LogP) is 1.85. The van der Waals surface area contributed by atoms with Gasteiger partial charge in [-0.1, -0.05) is 6.07 Å². The van der Waals surface area contributed by atoms with Crippen molar-refractivity contribution < 1.29 is 0 Å². The molecule has 0 radical (unpaired) electrons. The lowest BCUT2D eigenvalue weighted by molar-refractivity contribution is 0.745. The van der Waals surface area contributed by atoms with Gasteiger partial charge in [-0.2, -0.15) is 0 Å². The van der Waals surface area contributed by atoms with Crippen LogP contribution in [0.4, 0.5) is 0 Å². The molecular formula is C12H17N3. The van der Waals surface area contributed by atoms with Crippen molar-refractivity contribution in [2.75, 3.05) is 6.54 Å². The number of fused-ring (bicyclic) bond motifs is 1. The number of aromatic nitrogens is 2. The topological polar surface area (TPSA) is 43.8 Å². The highest BCUT2D eigenvalue weighted by Gasteiger charge is 2.00. The van der Waals surface area contributed by atoms with E-state index >= 15 is 0 Å². The highest BCUT2D eigenvalue weighted by molar-refractivity contribution is 5.75. The molecule has 0 saturated carbocycles. The van der Waals surface area contributed by atoms with Crippen LogP contribution in [0.1, 0.15) is 18.4 Å². The molecule has 3 nitrogen and oxygen atoms in total. The average Bonchev–Trinajstić information content (AvgIpc) is 2.61. The van der Waals surface area contributed by atoms with Crippen LogP contribution in [-0.2, 0) is 13.5 Å². The standard InChI is InChI=1S/C12H17N3/c1-15-9-14-11-6-5-10(8-12(11)15)4-2-3-7-13/h5-6,8-9H,2-4,7,13H2,1H3. The molecule has 0 atom stereocenters. The molecular weight excluding hydrogens is 186 g/mol. The van der Waals surface area contributed by atoms with Crippen LogP contribution >= 0.6 is 0 Å². The number of rotatable bonds is 4. The van der Waals surface area contributed by atoms with Gasteiger partial charge in [0, 0.05) is 7.05 Å². The van der Waals surface area contributed by atoms with E-state index in [9.17, 15) is 0 Å². The highest BCUT2D eigenvalue weighted by atomic mass is 15.0. The largest absolute Gasteiger partial charge is 0.334 e. The minimum Gasteiger partial charge on any atom is -0.334 e. The van der Waals surface area contributed by atoms with Crippen LogP contribution in [0.2, 0.25) is 0 Å². The Morgan fingerprint density at radius 1 is 1.33 bits per heavy atom. The fraction of sp³-hybridized carbons (Fsp3) is 0.417. The van der Waals surface area contributed by atoms with Gasteiger partial charge in [-0.3, -0.25) is 0 Å². The van der Waals surface area contributed by atoms with Crippen molar-refractivity contribution in [2.24, 2.45) is 12.8 Å². The van der Waals surface area contributed by atoms with Gasteiger partial charge in [0.1, 0.15) is 0 Å². The molecule has 0 aliphatic carbocycles. The van der Waals surface area contributed by atoms with E-state index in [2.05, 4.69) is 27.8 Å². The third-order valence-corrected chi connectivity index (χ3v) is 2.71. The van der Waals surface area contributed by atoms with E-state index in [1.165, 1.54) is 17.5 Å². The van der Waals surface area contributed by atoms with Gasteiger partial charge in [-0.15, -0.1) is 0 Å². The van der Waals surface area contributed by atoms with Crippen LogP contribution < -0.4 is 5.73 Å². The smallest absolute Gasteiger partial charge is 0.0955 e. The van der Waals surface area contributed by atoms with Gasteiger partial charge < -0.3 is 10.3 Å². The van der Waals surface area contributed by atoms with Crippen LogP contribution in [0.3, 0.4) is 0 Å². The van der Waals surface area contributed by atoms with E-state index in [0.29, 0.717) is 0 Å². The van der Waals surface area contributed by atoms with E-state index in [1.807, 2.05) is 13.4 Å². The van der Waals surface area contributed by atoms with Crippen LogP contribution in [0, 0.1) is 0 Å². The molecule has 0 spiro atoms. The van der Waals surface area contributed by atoms with Gasteiger partial charge in [-0.25, -0.2) is 4.98 Å². The van der Waals surface area contributed by atoms with E-state index in [4.69, 9.17) is 5.73 Å². The molecule has 15 heavy (non-hydrogen) atoms. The van der Waals surface area contributed by atoms with Crippen molar-refractivity contribution >= 4 is 11.0 Å². The summed E-state index contributed by atoms with van der Waals surface area (Å²) in [4.78, 5) is 4.30. The van der Waals surface area contributed by atoms with Gasteiger partial charge in [0.05, 0.1) is 17.4 Å². The first-order valence-corrected chi connectivity index (χ1v) is 5.41. The zero-order valence-electron chi connectivity index (χ0n) is 9.11.